The van der Waals surface area contributed by atoms with Gasteiger partial charge in [-0.1, -0.05) is 25.5 Å². The molecule has 0 bridgehead atoms. The Morgan fingerprint density at radius 3 is 2.62 bits per heavy atom. The van der Waals surface area contributed by atoms with Crippen molar-refractivity contribution in [2.75, 3.05) is 18.5 Å². The number of carbonyl (C=O) groups excluding carboxylic acids is 1. The third-order valence-electron chi connectivity index (χ3n) is 5.04. The number of halogens is 3. The molecule has 184 valence electrons. The van der Waals surface area contributed by atoms with Crippen molar-refractivity contribution in [3.8, 4) is 5.75 Å². The van der Waals surface area contributed by atoms with E-state index >= 15 is 0 Å². The molecule has 0 saturated carbocycles. The molecule has 34 heavy (non-hydrogen) atoms. The molecule has 0 radical (unpaired) electrons. The van der Waals surface area contributed by atoms with E-state index < -0.39 is 27.7 Å². The SMILES string of the molecule is CCCOc1ccc(C(F)(F)F)cc1NC(=O)CCCCCN=C1NS(=O)(=O)c2ccccc21. The summed E-state index contributed by atoms with van der Waals surface area (Å²) in [6.45, 7) is 2.56. The zero-order chi connectivity index (χ0) is 24.8. The fourth-order valence-corrected chi connectivity index (χ4v) is 4.62. The van der Waals surface area contributed by atoms with Gasteiger partial charge in [0.15, 0.2) is 0 Å². The molecule has 0 fully saturated rings. The summed E-state index contributed by atoms with van der Waals surface area (Å²) in [5, 5.41) is 2.52. The number of rotatable bonds is 10. The number of amidine groups is 1. The van der Waals surface area contributed by atoms with Crippen molar-refractivity contribution in [1.82, 2.24) is 4.72 Å². The van der Waals surface area contributed by atoms with Crippen molar-refractivity contribution >= 4 is 27.5 Å². The lowest BCUT2D eigenvalue weighted by Crippen LogP contribution is -2.22. The second kappa shape index (κ2) is 10.9. The zero-order valence-corrected chi connectivity index (χ0v) is 19.4. The monoisotopic (exact) mass is 497 g/mol. The van der Waals surface area contributed by atoms with E-state index in [1.54, 1.807) is 18.2 Å². The molecule has 1 aliphatic heterocycles. The Labute approximate surface area is 196 Å². The van der Waals surface area contributed by atoms with Gasteiger partial charge < -0.3 is 10.1 Å². The number of benzene rings is 2. The van der Waals surface area contributed by atoms with Gasteiger partial charge in [0.2, 0.25) is 5.91 Å². The number of nitrogens with zero attached hydrogens (tertiary/aromatic N) is 1. The molecule has 3 rings (SSSR count). The molecule has 0 aromatic heterocycles. The Morgan fingerprint density at radius 2 is 1.88 bits per heavy atom. The Bertz CT molecular complexity index is 1160. The highest BCUT2D eigenvalue weighted by molar-refractivity contribution is 7.90. The first-order valence-electron chi connectivity index (χ1n) is 10.9. The maximum Gasteiger partial charge on any atom is 0.416 e. The van der Waals surface area contributed by atoms with Crippen LogP contribution in [0.5, 0.6) is 5.75 Å². The van der Waals surface area contributed by atoms with E-state index in [1.807, 2.05) is 6.92 Å². The third-order valence-corrected chi connectivity index (χ3v) is 6.43. The number of alkyl halides is 3. The summed E-state index contributed by atoms with van der Waals surface area (Å²) in [5.74, 6) is 0.0836. The number of anilines is 1. The quantitative estimate of drug-likeness (QED) is 0.464. The van der Waals surface area contributed by atoms with Crippen LogP contribution in [0.15, 0.2) is 52.4 Å². The first-order chi connectivity index (χ1) is 16.1. The van der Waals surface area contributed by atoms with E-state index in [0.717, 1.165) is 12.1 Å². The Balaban J connectivity index is 1.49. The van der Waals surface area contributed by atoms with Crippen LogP contribution in [0.1, 0.15) is 50.2 Å². The van der Waals surface area contributed by atoms with Crippen molar-refractivity contribution in [2.45, 2.75) is 50.1 Å². The second-order valence-electron chi connectivity index (χ2n) is 7.75. The molecule has 0 aliphatic carbocycles. The van der Waals surface area contributed by atoms with Gasteiger partial charge in [0.1, 0.15) is 11.6 Å². The normalized spacial score (nSPS) is 15.6. The average Bonchev–Trinajstić information content (AvgIpc) is 3.05. The second-order valence-corrected chi connectivity index (χ2v) is 9.40. The molecule has 1 amide bonds. The highest BCUT2D eigenvalue weighted by Gasteiger charge is 2.31. The molecule has 1 heterocycles. The molecule has 11 heteroatoms. The summed E-state index contributed by atoms with van der Waals surface area (Å²) in [5.41, 5.74) is -0.342. The molecule has 2 N–H and O–H groups in total. The van der Waals surface area contributed by atoms with Crippen LogP contribution in [-0.2, 0) is 21.0 Å². The summed E-state index contributed by atoms with van der Waals surface area (Å²) in [6, 6.07) is 9.58. The van der Waals surface area contributed by atoms with E-state index in [2.05, 4.69) is 15.0 Å². The minimum absolute atomic E-state index is 0.00754. The standard InChI is InChI=1S/C23H26F3N3O4S/c1-2-14-33-19-12-11-16(23(24,25)26)15-18(19)28-21(30)10-4-3-7-13-27-22-17-8-5-6-9-20(17)34(31,32)29-22/h5-6,8-9,11-12,15H,2-4,7,10,13-14H2,1H3,(H,27,29)(H,28,30). The highest BCUT2D eigenvalue weighted by atomic mass is 32.2. The Morgan fingerprint density at radius 1 is 1.12 bits per heavy atom. The summed E-state index contributed by atoms with van der Waals surface area (Å²) >= 11 is 0. The number of aliphatic imine (C=N–C) groups is 1. The number of ether oxygens (including phenoxy) is 1. The van der Waals surface area contributed by atoms with Crippen LogP contribution in [0.2, 0.25) is 0 Å². The van der Waals surface area contributed by atoms with Crippen LogP contribution in [0.4, 0.5) is 18.9 Å². The van der Waals surface area contributed by atoms with Gasteiger partial charge in [-0.05, 0) is 49.6 Å². The predicted octanol–water partition coefficient (Wildman–Crippen LogP) is 4.73. The van der Waals surface area contributed by atoms with Crippen LogP contribution in [0.25, 0.3) is 0 Å². The van der Waals surface area contributed by atoms with Gasteiger partial charge in [-0.25, -0.2) is 8.42 Å². The van der Waals surface area contributed by atoms with Crippen LogP contribution in [-0.4, -0.2) is 33.3 Å². The smallest absolute Gasteiger partial charge is 0.416 e. The maximum absolute atomic E-state index is 13.0. The first-order valence-corrected chi connectivity index (χ1v) is 12.4. The van der Waals surface area contributed by atoms with Crippen molar-refractivity contribution in [3.05, 3.63) is 53.6 Å². The fraction of sp³-hybridized carbons (Fsp3) is 0.391. The number of hydrogen-bond acceptors (Lipinski definition) is 5. The van der Waals surface area contributed by atoms with Gasteiger partial charge >= 0.3 is 6.18 Å². The molecule has 2 aromatic rings. The van der Waals surface area contributed by atoms with Crippen molar-refractivity contribution in [2.24, 2.45) is 4.99 Å². The Hall–Kier alpha value is -3.08. The first kappa shape index (κ1) is 25.5. The molecule has 2 aromatic carbocycles. The fourth-order valence-electron chi connectivity index (χ4n) is 3.37. The number of carbonyl (C=O) groups is 1. The summed E-state index contributed by atoms with van der Waals surface area (Å²) in [7, 11) is -3.58. The van der Waals surface area contributed by atoms with Gasteiger partial charge in [0.05, 0.1) is 22.8 Å². The maximum atomic E-state index is 13.0. The van der Waals surface area contributed by atoms with Crippen molar-refractivity contribution in [1.29, 1.82) is 0 Å². The molecule has 0 unspecified atom stereocenters. The molecule has 0 spiro atoms. The van der Waals surface area contributed by atoms with Gasteiger partial charge in [0.25, 0.3) is 10.0 Å². The van der Waals surface area contributed by atoms with E-state index in [-0.39, 0.29) is 22.8 Å². The molecule has 1 aliphatic rings. The number of fused-ring (bicyclic) bond motifs is 1. The minimum Gasteiger partial charge on any atom is -0.491 e. The van der Waals surface area contributed by atoms with E-state index in [9.17, 15) is 26.4 Å². The topological polar surface area (TPSA) is 96.9 Å². The number of sulfonamides is 1. The largest absolute Gasteiger partial charge is 0.491 e. The lowest BCUT2D eigenvalue weighted by molar-refractivity contribution is -0.137. The lowest BCUT2D eigenvalue weighted by Gasteiger charge is -2.15. The Kier molecular flexibility index (Phi) is 8.19. The summed E-state index contributed by atoms with van der Waals surface area (Å²) in [4.78, 5) is 16.8. The van der Waals surface area contributed by atoms with Crippen LogP contribution >= 0.6 is 0 Å². The molecular formula is C23H26F3N3O4S. The third kappa shape index (κ3) is 6.49. The van der Waals surface area contributed by atoms with Crippen molar-refractivity contribution < 1.29 is 31.1 Å². The van der Waals surface area contributed by atoms with Crippen LogP contribution in [0, 0.1) is 0 Å². The van der Waals surface area contributed by atoms with Gasteiger partial charge in [-0.15, -0.1) is 0 Å². The molecule has 0 saturated heterocycles. The number of amides is 1. The lowest BCUT2D eigenvalue weighted by atomic mass is 10.1. The van der Waals surface area contributed by atoms with E-state index in [0.29, 0.717) is 50.2 Å². The highest BCUT2D eigenvalue weighted by Crippen LogP contribution is 2.35. The van der Waals surface area contributed by atoms with Gasteiger partial charge in [0, 0.05) is 18.5 Å². The predicted molar refractivity (Wildman–Crippen MR) is 122 cm³/mol. The van der Waals surface area contributed by atoms with E-state index in [1.165, 1.54) is 12.1 Å². The van der Waals surface area contributed by atoms with Gasteiger partial charge in [-0.2, -0.15) is 13.2 Å². The molecule has 0 atom stereocenters. The van der Waals surface area contributed by atoms with Crippen molar-refractivity contribution in [3.63, 3.8) is 0 Å². The average molecular weight is 498 g/mol. The van der Waals surface area contributed by atoms with Crippen LogP contribution in [0.3, 0.4) is 0 Å². The number of hydrogen-bond donors (Lipinski definition) is 2. The van der Waals surface area contributed by atoms with Crippen LogP contribution < -0.4 is 14.8 Å². The number of unbranched alkanes of at least 4 members (excludes halogenated alkanes) is 2. The number of nitrogens with one attached hydrogen (secondary N) is 2. The van der Waals surface area contributed by atoms with E-state index in [4.69, 9.17) is 4.74 Å². The van der Waals surface area contributed by atoms with Gasteiger partial charge in [-0.3, -0.25) is 14.5 Å². The summed E-state index contributed by atoms with van der Waals surface area (Å²) in [6.07, 6.45) is -1.97. The summed E-state index contributed by atoms with van der Waals surface area (Å²) < 4.78 is 71.2. The minimum atomic E-state index is -4.53. The zero-order valence-electron chi connectivity index (χ0n) is 18.6. The molecular weight excluding hydrogens is 471 g/mol. The molecule has 7 nitrogen and oxygen atoms in total.